The number of amides is 1. The van der Waals surface area contributed by atoms with E-state index < -0.39 is 18.5 Å². The number of halogens is 1. The Balaban J connectivity index is 1.53. The minimum Gasteiger partial charge on any atom is -0.493 e. The van der Waals surface area contributed by atoms with Crippen molar-refractivity contribution < 1.29 is 33.3 Å². The molecule has 1 amide bonds. The fourth-order valence-corrected chi connectivity index (χ4v) is 3.00. The van der Waals surface area contributed by atoms with Crippen LogP contribution in [0.3, 0.4) is 0 Å². The summed E-state index contributed by atoms with van der Waals surface area (Å²) < 4.78 is 26.2. The third kappa shape index (κ3) is 5.36. The van der Waals surface area contributed by atoms with Gasteiger partial charge in [-0.25, -0.2) is 4.79 Å². The van der Waals surface area contributed by atoms with Gasteiger partial charge in [-0.05, 0) is 35.9 Å². The molecule has 0 fully saturated rings. The Morgan fingerprint density at radius 2 is 1.87 bits per heavy atom. The molecule has 8 nitrogen and oxygen atoms in total. The molecule has 0 spiro atoms. The molecule has 0 aromatic heterocycles. The molecule has 0 atom stereocenters. The molecule has 0 saturated carbocycles. The maximum atomic E-state index is 12.0. The second kappa shape index (κ2) is 9.89. The number of hydrogen-bond acceptors (Lipinski definition) is 7. The lowest BCUT2D eigenvalue weighted by Gasteiger charge is -2.18. The van der Waals surface area contributed by atoms with Crippen molar-refractivity contribution in [3.05, 3.63) is 47.0 Å². The lowest BCUT2D eigenvalue weighted by atomic mass is 10.2. The summed E-state index contributed by atoms with van der Waals surface area (Å²) in [6.07, 6.45) is 2.68. The van der Waals surface area contributed by atoms with Gasteiger partial charge in [-0.1, -0.05) is 11.6 Å². The van der Waals surface area contributed by atoms with Crippen molar-refractivity contribution in [1.29, 1.82) is 0 Å². The van der Waals surface area contributed by atoms with E-state index in [1.54, 1.807) is 30.3 Å². The monoisotopic (exact) mass is 433 g/mol. The average Bonchev–Trinajstić information content (AvgIpc) is 2.75. The van der Waals surface area contributed by atoms with Crippen molar-refractivity contribution >= 4 is 35.2 Å². The Bertz CT molecular complexity index is 974. The smallest absolute Gasteiger partial charge is 0.331 e. The first-order chi connectivity index (χ1) is 14.5. The highest BCUT2D eigenvalue weighted by Gasteiger charge is 2.14. The van der Waals surface area contributed by atoms with Crippen molar-refractivity contribution in [2.75, 3.05) is 39.4 Å². The van der Waals surface area contributed by atoms with Crippen LogP contribution in [0.25, 0.3) is 6.08 Å². The van der Waals surface area contributed by atoms with Crippen molar-refractivity contribution in [2.45, 2.75) is 0 Å². The van der Waals surface area contributed by atoms with Crippen LogP contribution in [0.2, 0.25) is 5.02 Å². The minimum atomic E-state index is -0.682. The largest absolute Gasteiger partial charge is 0.493 e. The Kier molecular flexibility index (Phi) is 7.03. The molecule has 0 bridgehead atoms. The summed E-state index contributed by atoms with van der Waals surface area (Å²) in [6, 6.07) is 8.29. The molecule has 1 heterocycles. The van der Waals surface area contributed by atoms with Crippen molar-refractivity contribution in [1.82, 2.24) is 0 Å². The summed E-state index contributed by atoms with van der Waals surface area (Å²) in [5, 5.41) is 2.97. The summed E-state index contributed by atoms with van der Waals surface area (Å²) in [6.45, 7) is 0.488. The number of benzene rings is 2. The minimum absolute atomic E-state index is 0.337. The van der Waals surface area contributed by atoms with Crippen LogP contribution in [-0.4, -0.2) is 45.9 Å². The highest BCUT2D eigenvalue weighted by Crippen LogP contribution is 2.36. The number of methoxy groups -OCH3 is 2. The van der Waals surface area contributed by atoms with Crippen molar-refractivity contribution in [3.63, 3.8) is 0 Å². The van der Waals surface area contributed by atoms with Crippen molar-refractivity contribution in [3.8, 4) is 23.0 Å². The number of fused-ring (bicyclic) bond motifs is 1. The van der Waals surface area contributed by atoms with Gasteiger partial charge in [-0.3, -0.25) is 4.79 Å². The molecular weight excluding hydrogens is 414 g/mol. The summed E-state index contributed by atoms with van der Waals surface area (Å²) in [7, 11) is 2.96. The van der Waals surface area contributed by atoms with Crippen LogP contribution in [0.1, 0.15) is 5.56 Å². The molecule has 2 aromatic rings. The van der Waals surface area contributed by atoms with Gasteiger partial charge in [0.1, 0.15) is 13.2 Å². The summed E-state index contributed by atoms with van der Waals surface area (Å²) >= 11 is 6.13. The number of carbonyl (C=O) groups is 2. The number of hydrogen-bond donors (Lipinski definition) is 1. The molecule has 3 rings (SSSR count). The second-order valence-electron chi connectivity index (χ2n) is 6.09. The van der Waals surface area contributed by atoms with Gasteiger partial charge in [0.2, 0.25) is 0 Å². The SMILES string of the molecule is COc1cc(/C=C/C(=O)OCC(=O)Nc2ccc3c(c2)OCCO3)cc(Cl)c1OC. The zero-order valence-corrected chi connectivity index (χ0v) is 17.2. The van der Waals surface area contributed by atoms with E-state index in [2.05, 4.69) is 5.32 Å². The molecule has 2 aromatic carbocycles. The number of ether oxygens (including phenoxy) is 5. The van der Waals surface area contributed by atoms with E-state index in [0.717, 1.165) is 0 Å². The first-order valence-corrected chi connectivity index (χ1v) is 9.34. The van der Waals surface area contributed by atoms with Gasteiger partial charge in [0.05, 0.1) is 19.2 Å². The number of rotatable bonds is 7. The van der Waals surface area contributed by atoms with E-state index in [0.29, 0.717) is 52.5 Å². The highest BCUT2D eigenvalue weighted by molar-refractivity contribution is 6.32. The van der Waals surface area contributed by atoms with Gasteiger partial charge in [0.15, 0.2) is 29.6 Å². The standard InChI is InChI=1S/C21H20ClNO7/c1-26-18-10-13(9-15(22)21(18)27-2)3-6-20(25)30-12-19(24)23-14-4-5-16-17(11-14)29-8-7-28-16/h3-6,9-11H,7-8,12H2,1-2H3,(H,23,24)/b6-3+. The van der Waals surface area contributed by atoms with Gasteiger partial charge in [-0.2, -0.15) is 0 Å². The van der Waals surface area contributed by atoms with Crippen LogP contribution in [-0.2, 0) is 14.3 Å². The fraction of sp³-hybridized carbons (Fsp3) is 0.238. The molecule has 30 heavy (non-hydrogen) atoms. The Labute approximate surface area is 178 Å². The van der Waals surface area contributed by atoms with Crippen LogP contribution >= 0.6 is 11.6 Å². The zero-order valence-electron chi connectivity index (χ0n) is 16.4. The molecule has 9 heteroatoms. The molecule has 158 valence electrons. The average molecular weight is 434 g/mol. The summed E-state index contributed by atoms with van der Waals surface area (Å²) in [4.78, 5) is 23.9. The first kappa shape index (κ1) is 21.3. The lowest BCUT2D eigenvalue weighted by Crippen LogP contribution is -2.20. The highest BCUT2D eigenvalue weighted by atomic mass is 35.5. The maximum Gasteiger partial charge on any atom is 0.331 e. The van der Waals surface area contributed by atoms with E-state index >= 15 is 0 Å². The molecule has 0 aliphatic carbocycles. The third-order valence-corrected chi connectivity index (χ3v) is 4.32. The molecule has 0 radical (unpaired) electrons. The Morgan fingerprint density at radius 3 is 2.60 bits per heavy atom. The normalized spacial score (nSPS) is 12.4. The van der Waals surface area contributed by atoms with Gasteiger partial charge in [-0.15, -0.1) is 0 Å². The predicted molar refractivity (Wildman–Crippen MR) is 111 cm³/mol. The quantitative estimate of drug-likeness (QED) is 0.529. The third-order valence-electron chi connectivity index (χ3n) is 4.04. The zero-order chi connectivity index (χ0) is 21.5. The fourth-order valence-electron chi connectivity index (χ4n) is 2.70. The Hall–Kier alpha value is -3.39. The summed E-state index contributed by atoms with van der Waals surface area (Å²) in [5.41, 5.74) is 1.12. The second-order valence-corrected chi connectivity index (χ2v) is 6.49. The number of nitrogens with one attached hydrogen (secondary N) is 1. The predicted octanol–water partition coefficient (Wildman–Crippen LogP) is 3.32. The van der Waals surface area contributed by atoms with E-state index in [1.807, 2.05) is 0 Å². The van der Waals surface area contributed by atoms with E-state index in [1.165, 1.54) is 26.4 Å². The van der Waals surface area contributed by atoms with Crippen LogP contribution in [0.5, 0.6) is 23.0 Å². The number of carbonyl (C=O) groups excluding carboxylic acids is 2. The van der Waals surface area contributed by atoms with Crippen LogP contribution in [0, 0.1) is 0 Å². The molecule has 1 aliphatic heterocycles. The van der Waals surface area contributed by atoms with Crippen LogP contribution in [0.4, 0.5) is 5.69 Å². The van der Waals surface area contributed by atoms with Gasteiger partial charge < -0.3 is 29.0 Å². The topological polar surface area (TPSA) is 92.3 Å². The van der Waals surface area contributed by atoms with E-state index in [4.69, 9.17) is 35.3 Å². The molecule has 1 N–H and O–H groups in total. The lowest BCUT2D eigenvalue weighted by molar-refractivity contribution is -0.142. The van der Waals surface area contributed by atoms with Gasteiger partial charge in [0, 0.05) is 17.8 Å². The number of esters is 1. The van der Waals surface area contributed by atoms with Crippen molar-refractivity contribution in [2.24, 2.45) is 0 Å². The molecule has 0 unspecified atom stereocenters. The molecular formula is C21H20ClNO7. The maximum absolute atomic E-state index is 12.0. The van der Waals surface area contributed by atoms with E-state index in [-0.39, 0.29) is 0 Å². The number of anilines is 1. The van der Waals surface area contributed by atoms with Crippen LogP contribution in [0.15, 0.2) is 36.4 Å². The summed E-state index contributed by atoms with van der Waals surface area (Å²) in [5.74, 6) is 0.825. The Morgan fingerprint density at radius 1 is 1.10 bits per heavy atom. The first-order valence-electron chi connectivity index (χ1n) is 8.96. The molecule has 0 saturated heterocycles. The van der Waals surface area contributed by atoms with Gasteiger partial charge >= 0.3 is 5.97 Å². The van der Waals surface area contributed by atoms with E-state index in [9.17, 15) is 9.59 Å². The molecule has 1 aliphatic rings. The van der Waals surface area contributed by atoms with Gasteiger partial charge in [0.25, 0.3) is 5.91 Å². The van der Waals surface area contributed by atoms with Crippen LogP contribution < -0.4 is 24.3 Å².